The van der Waals surface area contributed by atoms with Crippen molar-refractivity contribution in [1.82, 2.24) is 5.32 Å². The lowest BCUT2D eigenvalue weighted by molar-refractivity contribution is 0.0886. The van der Waals surface area contributed by atoms with Gasteiger partial charge in [0.15, 0.2) is 11.5 Å². The van der Waals surface area contributed by atoms with E-state index in [4.69, 9.17) is 14.2 Å². The predicted octanol–water partition coefficient (Wildman–Crippen LogP) is 5.37. The first kappa shape index (κ1) is 24.3. The number of amides is 1. The summed E-state index contributed by atoms with van der Waals surface area (Å²) in [6, 6.07) is 4.48. The summed E-state index contributed by atoms with van der Waals surface area (Å²) in [5.41, 5.74) is 0.221. The van der Waals surface area contributed by atoms with Crippen LogP contribution in [-0.4, -0.2) is 40.3 Å². The van der Waals surface area contributed by atoms with Crippen LogP contribution in [0, 0.1) is 5.41 Å². The monoisotopic (exact) mass is 409 g/mol. The zero-order chi connectivity index (χ0) is 21.8. The largest absolute Gasteiger partial charge is 0.493 e. The van der Waals surface area contributed by atoms with Gasteiger partial charge in [0, 0.05) is 13.6 Å². The Kier molecular flexibility index (Phi) is 8.00. The van der Waals surface area contributed by atoms with Crippen LogP contribution in [-0.2, 0) is 0 Å². The first-order valence-corrected chi connectivity index (χ1v) is 13.6. The molecule has 1 N–H and O–H groups in total. The van der Waals surface area contributed by atoms with Gasteiger partial charge in [-0.2, -0.15) is 0 Å². The maximum Gasteiger partial charge on any atom is 0.255 e. The van der Waals surface area contributed by atoms with Gasteiger partial charge >= 0.3 is 0 Å². The van der Waals surface area contributed by atoms with Gasteiger partial charge in [0.2, 0.25) is 5.75 Å². The standard InChI is InChI=1S/C22H39NO4Si/c1-21(2,3)15-22(4,5)23-20(24)16-11-12-17(25-6)19(26-7)18(16)27-13-14-28(8,9)10/h11-12H,13-15H2,1-10H3,(H,23,24). The molecule has 0 radical (unpaired) electrons. The topological polar surface area (TPSA) is 56.8 Å². The van der Waals surface area contributed by atoms with Crippen LogP contribution in [0.15, 0.2) is 12.1 Å². The number of hydrogen-bond acceptors (Lipinski definition) is 4. The van der Waals surface area contributed by atoms with Gasteiger partial charge in [-0.05, 0) is 43.9 Å². The van der Waals surface area contributed by atoms with Gasteiger partial charge in [-0.25, -0.2) is 0 Å². The Labute approximate surface area is 172 Å². The third-order valence-electron chi connectivity index (χ3n) is 4.27. The van der Waals surface area contributed by atoms with Crippen LogP contribution >= 0.6 is 0 Å². The van der Waals surface area contributed by atoms with Crippen molar-refractivity contribution in [3.05, 3.63) is 17.7 Å². The van der Waals surface area contributed by atoms with E-state index < -0.39 is 8.07 Å². The van der Waals surface area contributed by atoms with Crippen LogP contribution in [0.3, 0.4) is 0 Å². The van der Waals surface area contributed by atoms with Crippen LogP contribution in [0.25, 0.3) is 0 Å². The Morgan fingerprint density at radius 2 is 1.61 bits per heavy atom. The number of methoxy groups -OCH3 is 2. The molecule has 0 unspecified atom stereocenters. The molecule has 0 saturated heterocycles. The summed E-state index contributed by atoms with van der Waals surface area (Å²) in [4.78, 5) is 13.1. The number of carbonyl (C=O) groups is 1. The van der Waals surface area contributed by atoms with Gasteiger partial charge in [-0.3, -0.25) is 4.79 Å². The molecule has 5 nitrogen and oxygen atoms in total. The number of rotatable bonds is 9. The van der Waals surface area contributed by atoms with Crippen LogP contribution < -0.4 is 19.5 Å². The number of ether oxygens (including phenoxy) is 3. The van der Waals surface area contributed by atoms with E-state index in [0.29, 0.717) is 29.4 Å². The molecule has 28 heavy (non-hydrogen) atoms. The zero-order valence-corrected chi connectivity index (χ0v) is 20.4. The highest BCUT2D eigenvalue weighted by Crippen LogP contribution is 2.40. The fraction of sp³-hybridized carbons (Fsp3) is 0.682. The van der Waals surface area contributed by atoms with Crippen LogP contribution in [0.5, 0.6) is 17.2 Å². The minimum absolute atomic E-state index is 0.102. The molecule has 0 fully saturated rings. The normalized spacial score (nSPS) is 12.5. The summed E-state index contributed by atoms with van der Waals surface area (Å²) in [7, 11) is 1.88. The van der Waals surface area contributed by atoms with Gasteiger partial charge < -0.3 is 19.5 Å². The Hall–Kier alpha value is -1.69. The maximum absolute atomic E-state index is 13.1. The Morgan fingerprint density at radius 3 is 2.07 bits per heavy atom. The lowest BCUT2D eigenvalue weighted by Crippen LogP contribution is -2.45. The van der Waals surface area contributed by atoms with E-state index in [9.17, 15) is 4.79 Å². The number of carbonyl (C=O) groups excluding carboxylic acids is 1. The van der Waals surface area contributed by atoms with Crippen LogP contribution in [0.4, 0.5) is 0 Å². The van der Waals surface area contributed by atoms with Crippen LogP contribution in [0.2, 0.25) is 25.7 Å². The average Bonchev–Trinajstić information content (AvgIpc) is 2.49. The van der Waals surface area contributed by atoms with Crippen LogP contribution in [0.1, 0.15) is 51.4 Å². The molecule has 1 amide bonds. The van der Waals surface area contributed by atoms with Gasteiger partial charge in [-0.1, -0.05) is 40.4 Å². The van der Waals surface area contributed by atoms with Gasteiger partial charge in [0.25, 0.3) is 5.91 Å². The van der Waals surface area contributed by atoms with Crippen molar-refractivity contribution in [3.63, 3.8) is 0 Å². The summed E-state index contributed by atoms with van der Waals surface area (Å²) in [5, 5.41) is 3.16. The second kappa shape index (κ2) is 9.20. The van der Waals surface area contributed by atoms with Crippen molar-refractivity contribution in [1.29, 1.82) is 0 Å². The highest BCUT2D eigenvalue weighted by atomic mass is 28.3. The lowest BCUT2D eigenvalue weighted by atomic mass is 9.81. The molecular formula is C22H39NO4Si. The lowest BCUT2D eigenvalue weighted by Gasteiger charge is -2.33. The van der Waals surface area contributed by atoms with E-state index in [1.807, 2.05) is 13.8 Å². The molecule has 0 aliphatic carbocycles. The Balaban J connectivity index is 3.20. The summed E-state index contributed by atoms with van der Waals surface area (Å²) in [6.07, 6.45) is 0.852. The molecule has 6 heteroatoms. The van der Waals surface area contributed by atoms with Crippen molar-refractivity contribution in [3.8, 4) is 17.2 Å². The van der Waals surface area contributed by atoms with E-state index in [-0.39, 0.29) is 16.9 Å². The highest BCUT2D eigenvalue weighted by molar-refractivity contribution is 6.76. The molecule has 0 heterocycles. The summed E-state index contributed by atoms with van der Waals surface area (Å²) >= 11 is 0. The van der Waals surface area contributed by atoms with Crippen molar-refractivity contribution >= 4 is 14.0 Å². The SMILES string of the molecule is COc1ccc(C(=O)NC(C)(C)CC(C)(C)C)c(OCC[Si](C)(C)C)c1OC. The van der Waals surface area contributed by atoms with E-state index in [2.05, 4.69) is 45.7 Å². The van der Waals surface area contributed by atoms with Gasteiger partial charge in [0.05, 0.1) is 26.4 Å². The van der Waals surface area contributed by atoms with Crippen molar-refractivity contribution < 1.29 is 19.0 Å². The fourth-order valence-corrected chi connectivity index (χ4v) is 4.14. The molecule has 0 aliphatic rings. The average molecular weight is 410 g/mol. The highest BCUT2D eigenvalue weighted by Gasteiger charge is 2.30. The Bertz CT molecular complexity index is 672. The predicted molar refractivity (Wildman–Crippen MR) is 119 cm³/mol. The first-order valence-electron chi connectivity index (χ1n) is 9.89. The quantitative estimate of drug-likeness (QED) is 0.557. The van der Waals surface area contributed by atoms with E-state index in [0.717, 1.165) is 12.5 Å². The second-order valence-electron chi connectivity index (χ2n) is 10.4. The van der Waals surface area contributed by atoms with E-state index in [1.54, 1.807) is 26.4 Å². The molecule has 1 rings (SSSR count). The number of hydrogen-bond donors (Lipinski definition) is 1. The Morgan fingerprint density at radius 1 is 1.00 bits per heavy atom. The molecule has 1 aromatic rings. The summed E-state index contributed by atoms with van der Waals surface area (Å²) < 4.78 is 17.0. The summed E-state index contributed by atoms with van der Waals surface area (Å²) in [6.45, 7) is 18.0. The second-order valence-corrected chi connectivity index (χ2v) is 16.0. The first-order chi connectivity index (χ1) is 12.7. The fourth-order valence-electron chi connectivity index (χ4n) is 3.42. The van der Waals surface area contributed by atoms with E-state index >= 15 is 0 Å². The molecule has 0 aromatic heterocycles. The molecule has 1 aromatic carbocycles. The van der Waals surface area contributed by atoms with Crippen molar-refractivity contribution in [2.75, 3.05) is 20.8 Å². The molecule has 160 valence electrons. The van der Waals surface area contributed by atoms with Crippen molar-refractivity contribution in [2.45, 2.75) is 72.3 Å². The minimum atomic E-state index is -1.27. The smallest absolute Gasteiger partial charge is 0.255 e. The van der Waals surface area contributed by atoms with Gasteiger partial charge in [0.1, 0.15) is 0 Å². The molecule has 0 bridgehead atoms. The molecular weight excluding hydrogens is 370 g/mol. The van der Waals surface area contributed by atoms with Gasteiger partial charge in [-0.15, -0.1) is 0 Å². The van der Waals surface area contributed by atoms with Crippen molar-refractivity contribution in [2.24, 2.45) is 5.41 Å². The molecule has 0 spiro atoms. The zero-order valence-electron chi connectivity index (χ0n) is 19.4. The molecule has 0 atom stereocenters. The molecule has 0 aliphatic heterocycles. The number of benzene rings is 1. The summed E-state index contributed by atoms with van der Waals surface area (Å²) in [5.74, 6) is 1.29. The third kappa shape index (κ3) is 7.74. The number of nitrogens with one attached hydrogen (secondary N) is 1. The maximum atomic E-state index is 13.1. The van der Waals surface area contributed by atoms with E-state index in [1.165, 1.54) is 0 Å². The minimum Gasteiger partial charge on any atom is -0.493 e. The molecule has 0 saturated carbocycles. The third-order valence-corrected chi connectivity index (χ3v) is 5.97.